The molecule has 0 aromatic carbocycles. The largest absolute Gasteiger partial charge is 1.00 e. The minimum absolute atomic E-state index is 0. The van der Waals surface area contributed by atoms with Crippen LogP contribution >= 0.6 is 0 Å². The van der Waals surface area contributed by atoms with Crippen molar-refractivity contribution in [3.8, 4) is 0 Å². The Hall–Kier alpha value is 0.710. The van der Waals surface area contributed by atoms with Crippen molar-refractivity contribution >= 4 is 10.1 Å². The van der Waals surface area contributed by atoms with Gasteiger partial charge in [0.1, 0.15) is 33.7 Å². The average Bonchev–Trinajstić information content (AvgIpc) is 2.19. The molecule has 0 saturated carbocycles. The van der Waals surface area contributed by atoms with Crippen molar-refractivity contribution in [3.63, 3.8) is 0 Å². The van der Waals surface area contributed by atoms with Crippen molar-refractivity contribution in [2.75, 3.05) is 13.7 Å². The number of methoxy groups -OCH3 is 1. The first-order valence-corrected chi connectivity index (χ1v) is 5.90. The van der Waals surface area contributed by atoms with E-state index in [1.807, 2.05) is 0 Å². The predicted molar refractivity (Wildman–Crippen MR) is 48.3 cm³/mol. The summed E-state index contributed by atoms with van der Waals surface area (Å²) in [7, 11) is -3.73. The zero-order valence-electron chi connectivity index (χ0n) is 9.38. The van der Waals surface area contributed by atoms with Crippen LogP contribution in [0.5, 0.6) is 0 Å². The van der Waals surface area contributed by atoms with Crippen LogP contribution in [-0.2, 0) is 19.6 Å². The molecular weight excluding hydrogens is 267 g/mol. The van der Waals surface area contributed by atoms with E-state index < -0.39 is 46.6 Å². The standard InChI is InChI=1S/C7H14O8S.Na/c1-14-7-5(10)4(9)6(16(11,12)13)3(2-8)15-7;/h3-10H,2H2,1H3,(H,11,12,13);/q;+1/p-1/t3-,4-,5-,6-,7+;/m1./s1. The van der Waals surface area contributed by atoms with Gasteiger partial charge in [0.2, 0.25) is 0 Å². The Balaban J connectivity index is 0.00000256. The summed E-state index contributed by atoms with van der Waals surface area (Å²) in [6.45, 7) is -0.782. The van der Waals surface area contributed by atoms with E-state index in [1.165, 1.54) is 7.11 Å². The molecule has 8 nitrogen and oxygen atoms in total. The number of aliphatic hydroxyl groups excluding tert-OH is 3. The predicted octanol–water partition coefficient (Wildman–Crippen LogP) is -6.01. The average molecular weight is 280 g/mol. The van der Waals surface area contributed by atoms with Gasteiger partial charge in [-0.15, -0.1) is 0 Å². The zero-order chi connectivity index (χ0) is 12.5. The molecule has 1 aliphatic heterocycles. The molecule has 17 heavy (non-hydrogen) atoms. The second-order valence-corrected chi connectivity index (χ2v) is 4.93. The Labute approximate surface area is 121 Å². The van der Waals surface area contributed by atoms with E-state index in [4.69, 9.17) is 9.84 Å². The topological polar surface area (TPSA) is 136 Å². The van der Waals surface area contributed by atoms with Crippen molar-refractivity contribution in [1.29, 1.82) is 0 Å². The van der Waals surface area contributed by atoms with Gasteiger partial charge in [-0.1, -0.05) is 0 Å². The molecule has 0 spiro atoms. The second kappa shape index (κ2) is 6.75. The third-order valence-electron chi connectivity index (χ3n) is 2.39. The fourth-order valence-electron chi connectivity index (χ4n) is 1.60. The summed E-state index contributed by atoms with van der Waals surface area (Å²) >= 11 is 0. The van der Waals surface area contributed by atoms with Gasteiger partial charge >= 0.3 is 29.6 Å². The first kappa shape index (κ1) is 17.7. The molecule has 0 aliphatic carbocycles. The van der Waals surface area contributed by atoms with Crippen LogP contribution in [-0.4, -0.2) is 71.9 Å². The van der Waals surface area contributed by atoms with Crippen LogP contribution in [0, 0.1) is 0 Å². The zero-order valence-corrected chi connectivity index (χ0v) is 12.2. The van der Waals surface area contributed by atoms with Gasteiger partial charge in [-0.25, -0.2) is 8.42 Å². The van der Waals surface area contributed by atoms with Crippen LogP contribution in [0.4, 0.5) is 0 Å². The normalized spacial score (nSPS) is 38.5. The number of ether oxygens (including phenoxy) is 2. The van der Waals surface area contributed by atoms with E-state index in [0.717, 1.165) is 0 Å². The van der Waals surface area contributed by atoms with Crippen molar-refractivity contribution < 1.29 is 67.3 Å². The third-order valence-corrected chi connectivity index (χ3v) is 3.64. The molecule has 1 aliphatic rings. The van der Waals surface area contributed by atoms with Crippen LogP contribution in [0.2, 0.25) is 0 Å². The number of rotatable bonds is 3. The van der Waals surface area contributed by atoms with Crippen molar-refractivity contribution in [2.45, 2.75) is 29.9 Å². The molecule has 0 radical (unpaired) electrons. The van der Waals surface area contributed by atoms with Gasteiger partial charge in [-0.3, -0.25) is 0 Å². The van der Waals surface area contributed by atoms with Crippen molar-refractivity contribution in [2.24, 2.45) is 0 Å². The molecular formula is C7H13NaO8S. The minimum atomic E-state index is -4.90. The minimum Gasteiger partial charge on any atom is -0.748 e. The smallest absolute Gasteiger partial charge is 0.748 e. The summed E-state index contributed by atoms with van der Waals surface area (Å²) in [5.41, 5.74) is 0. The molecule has 96 valence electrons. The van der Waals surface area contributed by atoms with E-state index in [2.05, 4.69) is 4.74 Å². The van der Waals surface area contributed by atoms with Gasteiger partial charge in [0.15, 0.2) is 6.29 Å². The summed E-state index contributed by atoms with van der Waals surface area (Å²) in [5, 5.41) is 25.8. The molecule has 1 saturated heterocycles. The van der Waals surface area contributed by atoms with Crippen LogP contribution in [0.3, 0.4) is 0 Å². The van der Waals surface area contributed by atoms with Gasteiger partial charge in [0.25, 0.3) is 0 Å². The van der Waals surface area contributed by atoms with E-state index in [9.17, 15) is 23.2 Å². The summed E-state index contributed by atoms with van der Waals surface area (Å²) < 4.78 is 42.0. The first-order valence-electron chi connectivity index (χ1n) is 4.43. The molecule has 1 fully saturated rings. The van der Waals surface area contributed by atoms with Gasteiger partial charge in [0.05, 0.1) is 6.61 Å². The van der Waals surface area contributed by atoms with E-state index in [0.29, 0.717) is 0 Å². The van der Waals surface area contributed by atoms with Gasteiger partial charge < -0.3 is 29.3 Å². The molecule has 0 amide bonds. The Morgan fingerprint density at radius 1 is 1.35 bits per heavy atom. The van der Waals surface area contributed by atoms with Gasteiger partial charge in [-0.2, -0.15) is 0 Å². The molecule has 0 aromatic heterocycles. The molecule has 0 bridgehead atoms. The Kier molecular flexibility index (Phi) is 7.04. The molecule has 1 rings (SSSR count). The molecule has 3 N–H and O–H groups in total. The van der Waals surface area contributed by atoms with Crippen LogP contribution in [0.1, 0.15) is 0 Å². The fourth-order valence-corrected chi connectivity index (χ4v) is 2.63. The summed E-state index contributed by atoms with van der Waals surface area (Å²) in [6.07, 6.45) is -6.24. The fraction of sp³-hybridized carbons (Fsp3) is 1.00. The third kappa shape index (κ3) is 3.83. The number of hydrogen-bond acceptors (Lipinski definition) is 8. The second-order valence-electron chi connectivity index (χ2n) is 3.40. The summed E-state index contributed by atoms with van der Waals surface area (Å²) in [6, 6.07) is 0. The quantitative estimate of drug-likeness (QED) is 0.343. The number of aliphatic hydroxyl groups is 3. The summed E-state index contributed by atoms with van der Waals surface area (Å²) in [5.74, 6) is 0. The molecule has 0 aromatic rings. The van der Waals surface area contributed by atoms with Gasteiger partial charge in [-0.05, 0) is 0 Å². The van der Waals surface area contributed by atoms with Crippen molar-refractivity contribution in [3.05, 3.63) is 0 Å². The monoisotopic (exact) mass is 280 g/mol. The molecule has 5 atom stereocenters. The van der Waals surface area contributed by atoms with E-state index in [-0.39, 0.29) is 29.6 Å². The van der Waals surface area contributed by atoms with E-state index >= 15 is 0 Å². The Bertz CT molecular complexity index is 331. The van der Waals surface area contributed by atoms with Crippen LogP contribution in [0.15, 0.2) is 0 Å². The Morgan fingerprint density at radius 3 is 2.24 bits per heavy atom. The van der Waals surface area contributed by atoms with Crippen molar-refractivity contribution in [1.82, 2.24) is 0 Å². The van der Waals surface area contributed by atoms with Crippen LogP contribution in [0.25, 0.3) is 0 Å². The molecule has 10 heteroatoms. The maximum Gasteiger partial charge on any atom is 1.00 e. The maximum absolute atomic E-state index is 10.8. The number of hydrogen-bond donors (Lipinski definition) is 3. The first-order chi connectivity index (χ1) is 7.32. The van der Waals surface area contributed by atoms with Crippen LogP contribution < -0.4 is 29.6 Å². The Morgan fingerprint density at radius 2 is 1.88 bits per heavy atom. The SMILES string of the molecule is CO[C@H]1O[C@H](CO)[C@@H](S(=O)(=O)[O-])[C@H](O)[C@H]1O.[Na+]. The summed E-state index contributed by atoms with van der Waals surface area (Å²) in [4.78, 5) is 0. The maximum atomic E-state index is 10.8. The van der Waals surface area contributed by atoms with Gasteiger partial charge in [0, 0.05) is 7.11 Å². The van der Waals surface area contributed by atoms with E-state index in [1.54, 1.807) is 0 Å². The molecule has 0 unspecified atom stereocenters. The molecule has 1 heterocycles.